The molecule has 0 bridgehead atoms. The first-order valence-electron chi connectivity index (χ1n) is 7.45. The minimum absolute atomic E-state index is 0.0864. The fourth-order valence-corrected chi connectivity index (χ4v) is 3.77. The molecule has 0 saturated heterocycles. The number of rotatable bonds is 7. The lowest BCUT2D eigenvalue weighted by Crippen LogP contribution is -2.25. The number of aromatic nitrogens is 1. The van der Waals surface area contributed by atoms with Crippen LogP contribution in [0.4, 0.5) is 22.0 Å². The summed E-state index contributed by atoms with van der Waals surface area (Å²) in [4.78, 5) is 13.8. The van der Waals surface area contributed by atoms with E-state index in [1.807, 2.05) is 0 Å². The van der Waals surface area contributed by atoms with Crippen molar-refractivity contribution in [1.29, 1.82) is 0 Å². The number of halogens is 5. The number of hydrogen-bond acceptors (Lipinski definition) is 3. The van der Waals surface area contributed by atoms with Gasteiger partial charge in [0.15, 0.2) is 16.3 Å². The van der Waals surface area contributed by atoms with Crippen molar-refractivity contribution in [1.82, 2.24) is 4.98 Å². The lowest BCUT2D eigenvalue weighted by atomic mass is 9.96. The number of carboxylic acid groups (broad SMARTS) is 1. The average molecular weight is 387 g/mol. The molecule has 0 aliphatic heterocycles. The molecular formula is C15H18F5NO3S. The molecule has 0 spiro atoms. The van der Waals surface area contributed by atoms with Gasteiger partial charge in [-0.1, -0.05) is 20.8 Å². The van der Waals surface area contributed by atoms with Crippen molar-refractivity contribution in [2.45, 2.75) is 51.1 Å². The molecule has 1 N–H and O–H groups in total. The SMILES string of the molecule is CCC[S+]([O-])c1c(C(F)F)nc(C(F)(F)F)c(C(=O)O)c1CC(C)C. The summed E-state index contributed by atoms with van der Waals surface area (Å²) in [6.07, 6.45) is -8.56. The second-order valence-electron chi connectivity index (χ2n) is 5.78. The smallest absolute Gasteiger partial charge is 0.434 e. The molecule has 0 aromatic carbocycles. The standard InChI is InChI=1S/C15H18F5NO3S/c1-4-5-25(24)11-8(6-7(2)3)9(14(22)23)12(15(18,19)20)21-10(11)13(16)17/h7,13H,4-6H2,1-3H3,(H,22,23). The van der Waals surface area contributed by atoms with Crippen LogP contribution < -0.4 is 0 Å². The summed E-state index contributed by atoms with van der Waals surface area (Å²) in [5.74, 6) is -2.37. The zero-order valence-corrected chi connectivity index (χ0v) is 14.6. The molecule has 4 nitrogen and oxygen atoms in total. The second kappa shape index (κ2) is 8.31. The molecule has 1 heterocycles. The maximum Gasteiger partial charge on any atom is 0.434 e. The Balaban J connectivity index is 3.95. The lowest BCUT2D eigenvalue weighted by Gasteiger charge is -2.22. The van der Waals surface area contributed by atoms with Crippen LogP contribution in [0.2, 0.25) is 0 Å². The quantitative estimate of drug-likeness (QED) is 0.554. The Hall–Kier alpha value is -1.42. The number of aromatic carboxylic acids is 1. The van der Waals surface area contributed by atoms with Gasteiger partial charge in [-0.15, -0.1) is 0 Å². The largest absolute Gasteiger partial charge is 0.611 e. The molecule has 0 aliphatic rings. The normalized spacial score (nSPS) is 13.6. The van der Waals surface area contributed by atoms with Crippen molar-refractivity contribution >= 4 is 17.1 Å². The van der Waals surface area contributed by atoms with Gasteiger partial charge < -0.3 is 9.66 Å². The highest BCUT2D eigenvalue weighted by Crippen LogP contribution is 2.39. The molecule has 0 amide bonds. The number of hydrogen-bond donors (Lipinski definition) is 1. The highest BCUT2D eigenvalue weighted by molar-refractivity contribution is 7.91. The summed E-state index contributed by atoms with van der Waals surface area (Å²) in [5.41, 5.74) is -4.83. The number of pyridine rings is 1. The van der Waals surface area contributed by atoms with E-state index in [1.54, 1.807) is 20.8 Å². The summed E-state index contributed by atoms with van der Waals surface area (Å²) in [6, 6.07) is 0. The molecule has 25 heavy (non-hydrogen) atoms. The van der Waals surface area contributed by atoms with E-state index >= 15 is 0 Å². The van der Waals surface area contributed by atoms with Crippen molar-refractivity contribution in [3.63, 3.8) is 0 Å². The van der Waals surface area contributed by atoms with E-state index in [0.717, 1.165) is 0 Å². The maximum absolute atomic E-state index is 13.3. The maximum atomic E-state index is 13.3. The summed E-state index contributed by atoms with van der Waals surface area (Å²) in [7, 11) is 0. The van der Waals surface area contributed by atoms with Gasteiger partial charge in [0.25, 0.3) is 6.43 Å². The van der Waals surface area contributed by atoms with Crippen molar-refractivity contribution in [2.24, 2.45) is 5.92 Å². The molecule has 1 rings (SSSR count). The molecule has 0 aliphatic carbocycles. The predicted octanol–water partition coefficient (Wildman–Crippen LogP) is 4.45. The molecule has 10 heteroatoms. The molecule has 0 radical (unpaired) electrons. The van der Waals surface area contributed by atoms with Crippen LogP contribution in [0.5, 0.6) is 0 Å². The number of carbonyl (C=O) groups is 1. The van der Waals surface area contributed by atoms with E-state index in [-0.39, 0.29) is 18.1 Å². The third kappa shape index (κ3) is 5.04. The fourth-order valence-electron chi connectivity index (χ4n) is 2.37. The van der Waals surface area contributed by atoms with E-state index in [1.165, 1.54) is 0 Å². The molecule has 1 unspecified atom stereocenters. The van der Waals surface area contributed by atoms with Crippen LogP contribution in [0.3, 0.4) is 0 Å². The first kappa shape index (κ1) is 21.6. The zero-order chi connectivity index (χ0) is 19.5. The van der Waals surface area contributed by atoms with Crippen molar-refractivity contribution < 1.29 is 36.4 Å². The minimum atomic E-state index is -5.23. The summed E-state index contributed by atoms with van der Waals surface area (Å²) in [6.45, 7) is 4.81. The van der Waals surface area contributed by atoms with E-state index in [2.05, 4.69) is 4.98 Å². The van der Waals surface area contributed by atoms with Crippen molar-refractivity contribution in [3.05, 3.63) is 22.5 Å². The third-order valence-electron chi connectivity index (χ3n) is 3.20. The van der Waals surface area contributed by atoms with Crippen LogP contribution in [0.1, 0.15) is 60.9 Å². The molecule has 0 fully saturated rings. The van der Waals surface area contributed by atoms with Gasteiger partial charge in [0.2, 0.25) is 0 Å². The Kier molecular flexibility index (Phi) is 7.18. The first-order valence-corrected chi connectivity index (χ1v) is 8.77. The van der Waals surface area contributed by atoms with Gasteiger partial charge in [-0.3, -0.25) is 0 Å². The predicted molar refractivity (Wildman–Crippen MR) is 81.3 cm³/mol. The molecule has 1 aromatic heterocycles. The number of nitrogens with zero attached hydrogens (tertiary/aromatic N) is 1. The van der Waals surface area contributed by atoms with E-state index in [0.29, 0.717) is 6.42 Å². The summed E-state index contributed by atoms with van der Waals surface area (Å²) >= 11 is -2.08. The van der Waals surface area contributed by atoms with Crippen LogP contribution in [0.25, 0.3) is 0 Å². The Bertz CT molecular complexity index is 635. The van der Waals surface area contributed by atoms with Crippen LogP contribution in [0.15, 0.2) is 4.90 Å². The zero-order valence-electron chi connectivity index (χ0n) is 13.8. The van der Waals surface area contributed by atoms with Gasteiger partial charge in [-0.2, -0.15) is 13.2 Å². The van der Waals surface area contributed by atoms with Crippen LogP contribution in [0, 0.1) is 5.92 Å². The Morgan fingerprint density at radius 3 is 2.24 bits per heavy atom. The Morgan fingerprint density at radius 1 is 1.32 bits per heavy atom. The molecule has 0 saturated carbocycles. The Morgan fingerprint density at radius 2 is 1.88 bits per heavy atom. The topological polar surface area (TPSA) is 73.2 Å². The third-order valence-corrected chi connectivity index (χ3v) is 4.89. The van der Waals surface area contributed by atoms with E-state index < -0.39 is 57.2 Å². The lowest BCUT2D eigenvalue weighted by molar-refractivity contribution is -0.142. The highest BCUT2D eigenvalue weighted by atomic mass is 32.2. The molecular weight excluding hydrogens is 369 g/mol. The van der Waals surface area contributed by atoms with Crippen LogP contribution in [-0.2, 0) is 23.8 Å². The minimum Gasteiger partial charge on any atom is -0.611 e. The molecule has 1 atom stereocenters. The summed E-state index contributed by atoms with van der Waals surface area (Å²) in [5, 5.41) is 9.26. The van der Waals surface area contributed by atoms with Crippen molar-refractivity contribution in [3.8, 4) is 0 Å². The van der Waals surface area contributed by atoms with Gasteiger partial charge in [-0.05, 0) is 29.9 Å². The van der Waals surface area contributed by atoms with Crippen LogP contribution in [-0.4, -0.2) is 26.4 Å². The van der Waals surface area contributed by atoms with Gasteiger partial charge in [0, 0.05) is 5.56 Å². The van der Waals surface area contributed by atoms with E-state index in [4.69, 9.17) is 0 Å². The van der Waals surface area contributed by atoms with Gasteiger partial charge in [0.05, 0.1) is 5.56 Å². The monoisotopic (exact) mass is 387 g/mol. The van der Waals surface area contributed by atoms with E-state index in [9.17, 15) is 36.4 Å². The first-order chi connectivity index (χ1) is 11.4. The molecule has 1 aromatic rings. The van der Waals surface area contributed by atoms with Gasteiger partial charge in [-0.25, -0.2) is 18.6 Å². The number of alkyl halides is 5. The molecule has 142 valence electrons. The van der Waals surface area contributed by atoms with Gasteiger partial charge >= 0.3 is 12.1 Å². The summed E-state index contributed by atoms with van der Waals surface area (Å²) < 4.78 is 78.7. The van der Waals surface area contributed by atoms with Gasteiger partial charge in [0.1, 0.15) is 5.75 Å². The number of carboxylic acids is 1. The van der Waals surface area contributed by atoms with Crippen LogP contribution >= 0.6 is 0 Å². The average Bonchev–Trinajstić information content (AvgIpc) is 2.43. The van der Waals surface area contributed by atoms with Crippen molar-refractivity contribution in [2.75, 3.05) is 5.75 Å². The highest BCUT2D eigenvalue weighted by Gasteiger charge is 2.43. The Labute approximate surface area is 144 Å². The fraction of sp³-hybridized carbons (Fsp3) is 0.600. The second-order valence-corrected chi connectivity index (χ2v) is 7.29.